The Bertz CT molecular complexity index is 830. The predicted octanol–water partition coefficient (Wildman–Crippen LogP) is 4.36. The largest absolute Gasteiger partial charge is 0.340 e. The minimum absolute atomic E-state index is 0.000832. The van der Waals surface area contributed by atoms with Gasteiger partial charge < -0.3 is 9.55 Å². The number of nitrogens with one attached hydrogen (secondary N) is 1. The van der Waals surface area contributed by atoms with Gasteiger partial charge in [-0.15, -0.1) is 0 Å². The van der Waals surface area contributed by atoms with E-state index in [1.807, 2.05) is 12.1 Å². The number of aromatic nitrogens is 2. The first-order valence-corrected chi connectivity index (χ1v) is 8.42. The lowest BCUT2D eigenvalue weighted by atomic mass is 10.0. The van der Waals surface area contributed by atoms with E-state index in [0.717, 1.165) is 30.3 Å². The molecule has 0 spiro atoms. The SMILES string of the molecule is CC[C@@H](C)CCc1cc2c(=O)[nH]ccc2n1Cc1ccccc1. The number of hydrogen-bond acceptors (Lipinski definition) is 1. The molecule has 0 aliphatic carbocycles. The molecule has 0 aliphatic rings. The van der Waals surface area contributed by atoms with Gasteiger partial charge >= 0.3 is 0 Å². The van der Waals surface area contributed by atoms with Crippen molar-refractivity contribution in [1.82, 2.24) is 9.55 Å². The average molecular weight is 308 g/mol. The van der Waals surface area contributed by atoms with E-state index in [9.17, 15) is 4.79 Å². The third kappa shape index (κ3) is 3.39. The fraction of sp³-hybridized carbons (Fsp3) is 0.350. The lowest BCUT2D eigenvalue weighted by molar-refractivity contribution is 0.508. The summed E-state index contributed by atoms with van der Waals surface area (Å²) in [5.74, 6) is 0.705. The first kappa shape index (κ1) is 15.6. The Morgan fingerprint density at radius 3 is 2.70 bits per heavy atom. The number of fused-ring (bicyclic) bond motifs is 1. The molecule has 0 saturated heterocycles. The monoisotopic (exact) mass is 308 g/mol. The van der Waals surface area contributed by atoms with E-state index < -0.39 is 0 Å². The second kappa shape index (κ2) is 6.86. The van der Waals surface area contributed by atoms with E-state index in [2.05, 4.69) is 53.7 Å². The maximum Gasteiger partial charge on any atom is 0.257 e. The number of nitrogens with zero attached hydrogens (tertiary/aromatic N) is 1. The Hall–Kier alpha value is -2.29. The molecule has 1 N–H and O–H groups in total. The summed E-state index contributed by atoms with van der Waals surface area (Å²) in [6, 6.07) is 14.5. The van der Waals surface area contributed by atoms with Gasteiger partial charge in [-0.2, -0.15) is 0 Å². The normalized spacial score (nSPS) is 12.6. The molecule has 23 heavy (non-hydrogen) atoms. The molecule has 0 unspecified atom stereocenters. The van der Waals surface area contributed by atoms with Gasteiger partial charge in [-0.1, -0.05) is 50.6 Å². The lowest BCUT2D eigenvalue weighted by Gasteiger charge is -2.13. The standard InChI is InChI=1S/C20H24N2O/c1-3-15(2)9-10-17-13-18-19(11-12-21-20(18)23)22(17)14-16-7-5-4-6-8-16/h4-8,11-13,15H,3,9-10,14H2,1-2H3,(H,21,23)/t15-/m1/s1. The van der Waals surface area contributed by atoms with E-state index in [-0.39, 0.29) is 5.56 Å². The molecule has 0 aliphatic heterocycles. The zero-order valence-corrected chi connectivity index (χ0v) is 13.9. The molecule has 3 aromatic rings. The topological polar surface area (TPSA) is 37.8 Å². The van der Waals surface area contributed by atoms with Crippen LogP contribution in [-0.2, 0) is 13.0 Å². The van der Waals surface area contributed by atoms with Crippen LogP contribution in [0.3, 0.4) is 0 Å². The molecular weight excluding hydrogens is 284 g/mol. The molecule has 1 atom stereocenters. The summed E-state index contributed by atoms with van der Waals surface area (Å²) in [6.45, 7) is 5.33. The van der Waals surface area contributed by atoms with E-state index in [0.29, 0.717) is 5.92 Å². The van der Waals surface area contributed by atoms with Crippen LogP contribution >= 0.6 is 0 Å². The van der Waals surface area contributed by atoms with E-state index in [1.165, 1.54) is 17.7 Å². The smallest absolute Gasteiger partial charge is 0.257 e. The van der Waals surface area contributed by atoms with E-state index in [4.69, 9.17) is 0 Å². The summed E-state index contributed by atoms with van der Waals surface area (Å²) < 4.78 is 2.29. The highest BCUT2D eigenvalue weighted by Gasteiger charge is 2.12. The van der Waals surface area contributed by atoms with Gasteiger partial charge in [0, 0.05) is 18.4 Å². The summed E-state index contributed by atoms with van der Waals surface area (Å²) in [7, 11) is 0. The highest BCUT2D eigenvalue weighted by atomic mass is 16.1. The Morgan fingerprint density at radius 2 is 1.96 bits per heavy atom. The molecule has 3 heteroatoms. The van der Waals surface area contributed by atoms with E-state index >= 15 is 0 Å². The molecule has 0 saturated carbocycles. The number of aryl methyl sites for hydroxylation is 1. The molecule has 3 nitrogen and oxygen atoms in total. The molecule has 2 aromatic heterocycles. The first-order chi connectivity index (χ1) is 11.2. The minimum atomic E-state index is -0.000832. The molecule has 3 rings (SSSR count). The maximum atomic E-state index is 12.1. The number of pyridine rings is 1. The van der Waals surface area contributed by atoms with Crippen LogP contribution in [0.15, 0.2) is 53.5 Å². The van der Waals surface area contributed by atoms with Crippen LogP contribution in [0.4, 0.5) is 0 Å². The second-order valence-corrected chi connectivity index (χ2v) is 6.37. The Balaban J connectivity index is 2.01. The third-order valence-electron chi connectivity index (χ3n) is 4.70. The van der Waals surface area contributed by atoms with Crippen LogP contribution in [0.5, 0.6) is 0 Å². The van der Waals surface area contributed by atoms with Crippen molar-refractivity contribution in [3.8, 4) is 0 Å². The summed E-state index contributed by atoms with van der Waals surface area (Å²) >= 11 is 0. The number of benzene rings is 1. The Kier molecular flexibility index (Phi) is 4.65. The molecule has 0 bridgehead atoms. The number of hydrogen-bond donors (Lipinski definition) is 1. The van der Waals surface area contributed by atoms with Crippen LogP contribution in [0.2, 0.25) is 0 Å². The molecule has 1 aromatic carbocycles. The van der Waals surface area contributed by atoms with Crippen LogP contribution in [0, 0.1) is 5.92 Å². The van der Waals surface area contributed by atoms with Gasteiger partial charge in [-0.05, 0) is 36.5 Å². The molecular formula is C20H24N2O. The molecule has 120 valence electrons. The lowest BCUT2D eigenvalue weighted by Crippen LogP contribution is -2.07. The van der Waals surface area contributed by atoms with Gasteiger partial charge in [0.1, 0.15) is 0 Å². The number of rotatable bonds is 6. The summed E-state index contributed by atoms with van der Waals surface area (Å²) in [4.78, 5) is 14.9. The minimum Gasteiger partial charge on any atom is -0.340 e. The van der Waals surface area contributed by atoms with Crippen LogP contribution in [0.25, 0.3) is 10.9 Å². The van der Waals surface area contributed by atoms with Crippen molar-refractivity contribution in [3.63, 3.8) is 0 Å². The van der Waals surface area contributed by atoms with Crippen LogP contribution in [0.1, 0.15) is 37.9 Å². The summed E-state index contributed by atoms with van der Waals surface area (Å²) in [6.07, 6.45) is 5.10. The quantitative estimate of drug-likeness (QED) is 0.722. The van der Waals surface area contributed by atoms with Crippen molar-refractivity contribution in [2.75, 3.05) is 0 Å². The highest BCUT2D eigenvalue weighted by Crippen LogP contribution is 2.21. The fourth-order valence-corrected chi connectivity index (χ4v) is 3.01. The van der Waals surface area contributed by atoms with Crippen molar-refractivity contribution in [2.45, 2.75) is 39.7 Å². The Morgan fingerprint density at radius 1 is 1.17 bits per heavy atom. The Labute approximate surface area is 137 Å². The van der Waals surface area contributed by atoms with Crippen molar-refractivity contribution < 1.29 is 0 Å². The summed E-state index contributed by atoms with van der Waals surface area (Å²) in [5, 5.41) is 0.794. The molecule has 2 heterocycles. The van der Waals surface area contributed by atoms with Crippen molar-refractivity contribution in [1.29, 1.82) is 0 Å². The number of H-pyrrole nitrogens is 1. The molecule has 0 radical (unpaired) electrons. The fourth-order valence-electron chi connectivity index (χ4n) is 3.01. The number of aromatic amines is 1. The van der Waals surface area contributed by atoms with Crippen molar-refractivity contribution in [2.24, 2.45) is 5.92 Å². The maximum absolute atomic E-state index is 12.1. The van der Waals surface area contributed by atoms with Gasteiger partial charge in [0.2, 0.25) is 0 Å². The van der Waals surface area contributed by atoms with Crippen LogP contribution < -0.4 is 5.56 Å². The van der Waals surface area contributed by atoms with Gasteiger partial charge in [0.25, 0.3) is 5.56 Å². The van der Waals surface area contributed by atoms with Gasteiger partial charge in [0.15, 0.2) is 0 Å². The second-order valence-electron chi connectivity index (χ2n) is 6.37. The van der Waals surface area contributed by atoms with Crippen LogP contribution in [-0.4, -0.2) is 9.55 Å². The van der Waals surface area contributed by atoms with E-state index in [1.54, 1.807) is 6.20 Å². The zero-order chi connectivity index (χ0) is 16.2. The highest BCUT2D eigenvalue weighted by molar-refractivity contribution is 5.80. The van der Waals surface area contributed by atoms with Crippen molar-refractivity contribution in [3.05, 3.63) is 70.3 Å². The predicted molar refractivity (Wildman–Crippen MR) is 95.9 cm³/mol. The average Bonchev–Trinajstić information content (AvgIpc) is 2.93. The third-order valence-corrected chi connectivity index (χ3v) is 4.70. The van der Waals surface area contributed by atoms with Crippen molar-refractivity contribution >= 4 is 10.9 Å². The first-order valence-electron chi connectivity index (χ1n) is 8.42. The van der Waals surface area contributed by atoms with Gasteiger partial charge in [0.05, 0.1) is 10.9 Å². The zero-order valence-electron chi connectivity index (χ0n) is 13.9. The summed E-state index contributed by atoms with van der Waals surface area (Å²) in [5.41, 5.74) is 3.53. The molecule has 0 fully saturated rings. The van der Waals surface area contributed by atoms with Gasteiger partial charge in [-0.25, -0.2) is 0 Å². The van der Waals surface area contributed by atoms with Gasteiger partial charge in [-0.3, -0.25) is 4.79 Å². The molecule has 0 amide bonds.